The van der Waals surface area contributed by atoms with E-state index in [0.717, 1.165) is 0 Å². The van der Waals surface area contributed by atoms with Gasteiger partial charge in [-0.2, -0.15) is 0 Å². The Morgan fingerprint density at radius 2 is 2.22 bits per heavy atom. The first-order valence-corrected chi connectivity index (χ1v) is 2.16. The van der Waals surface area contributed by atoms with Gasteiger partial charge in [-0.15, -0.1) is 4.84 Å². The van der Waals surface area contributed by atoms with Gasteiger partial charge in [-0.1, -0.05) is 0 Å². The number of rotatable bonds is 0. The van der Waals surface area contributed by atoms with E-state index in [2.05, 4.69) is 4.84 Å². The average molecular weight is 131 g/mol. The van der Waals surface area contributed by atoms with Crippen molar-refractivity contribution >= 4 is 11.9 Å². The van der Waals surface area contributed by atoms with Crippen LogP contribution in [0.15, 0.2) is 0 Å². The van der Waals surface area contributed by atoms with Gasteiger partial charge in [0.05, 0.1) is 0 Å². The van der Waals surface area contributed by atoms with Gasteiger partial charge in [0.15, 0.2) is 0 Å². The number of nitrogens with one attached hydrogen (secondary N) is 1. The summed E-state index contributed by atoms with van der Waals surface area (Å²) in [5.41, 5.74) is 1.71. The molecule has 1 heterocycles. The normalized spacial score (nSPS) is 18.9. The smallest absolute Gasteiger partial charge is 0.268 e. The van der Waals surface area contributed by atoms with Crippen molar-refractivity contribution in [3.05, 3.63) is 4.91 Å². The van der Waals surface area contributed by atoms with Crippen LogP contribution in [-0.2, 0) is 14.4 Å². The second-order valence-electron chi connectivity index (χ2n) is 1.43. The SMILES string of the molecule is O=C1CC(=O)O[N+](=O)N1. The molecular weight excluding hydrogens is 128 g/mol. The Kier molecular flexibility index (Phi) is 1.14. The van der Waals surface area contributed by atoms with Gasteiger partial charge in [-0.25, -0.2) is 4.79 Å². The molecule has 0 radical (unpaired) electrons. The maximum absolute atomic E-state index is 10.2. The summed E-state index contributed by atoms with van der Waals surface area (Å²) in [6, 6.07) is 0. The summed E-state index contributed by atoms with van der Waals surface area (Å²) >= 11 is 0. The lowest BCUT2D eigenvalue weighted by Crippen LogP contribution is -2.41. The minimum atomic E-state index is -0.839. The van der Waals surface area contributed by atoms with Crippen LogP contribution in [0.1, 0.15) is 6.42 Å². The number of hydrogen-bond donors (Lipinski definition) is 1. The molecule has 0 atom stereocenters. The summed E-state index contributed by atoms with van der Waals surface area (Å²) in [4.78, 5) is 34.3. The van der Waals surface area contributed by atoms with E-state index in [4.69, 9.17) is 0 Å². The highest BCUT2D eigenvalue weighted by atomic mass is 16.8. The van der Waals surface area contributed by atoms with Gasteiger partial charge in [0, 0.05) is 0 Å². The molecule has 1 rings (SSSR count). The molecule has 6 nitrogen and oxygen atoms in total. The van der Waals surface area contributed by atoms with E-state index in [1.165, 1.54) is 0 Å². The molecule has 0 aliphatic carbocycles. The average Bonchev–Trinajstić information content (AvgIpc) is 1.59. The predicted molar refractivity (Wildman–Crippen MR) is 22.5 cm³/mol. The topological polar surface area (TPSA) is 75.5 Å². The lowest BCUT2D eigenvalue weighted by Gasteiger charge is -1.97. The first-order valence-electron chi connectivity index (χ1n) is 2.16. The first kappa shape index (κ1) is 5.67. The van der Waals surface area contributed by atoms with E-state index in [1.54, 1.807) is 5.43 Å². The zero-order valence-electron chi connectivity index (χ0n) is 4.29. The van der Waals surface area contributed by atoms with Crippen LogP contribution >= 0.6 is 0 Å². The van der Waals surface area contributed by atoms with Crippen LogP contribution in [0.2, 0.25) is 0 Å². The van der Waals surface area contributed by atoms with Gasteiger partial charge in [-0.3, -0.25) is 4.79 Å². The molecule has 1 amide bonds. The van der Waals surface area contributed by atoms with E-state index in [9.17, 15) is 14.5 Å². The molecule has 0 bridgehead atoms. The van der Waals surface area contributed by atoms with Crippen molar-refractivity contribution < 1.29 is 19.5 Å². The molecule has 48 valence electrons. The van der Waals surface area contributed by atoms with E-state index in [0.29, 0.717) is 0 Å². The number of hydrazine groups is 1. The second-order valence-corrected chi connectivity index (χ2v) is 1.43. The molecule has 0 aromatic rings. The van der Waals surface area contributed by atoms with Crippen LogP contribution in [0.25, 0.3) is 0 Å². The quantitative estimate of drug-likeness (QED) is 0.413. The van der Waals surface area contributed by atoms with Crippen molar-refractivity contribution in [1.82, 2.24) is 5.43 Å². The molecule has 0 spiro atoms. The third-order valence-corrected chi connectivity index (χ3v) is 0.706. The largest absolute Gasteiger partial charge is 0.398 e. The minimum Gasteiger partial charge on any atom is -0.268 e. The first-order chi connectivity index (χ1) is 4.18. The van der Waals surface area contributed by atoms with Crippen molar-refractivity contribution in [1.29, 1.82) is 0 Å². The predicted octanol–water partition coefficient (Wildman–Crippen LogP) is -1.34. The van der Waals surface area contributed by atoms with Crippen LogP contribution in [0.3, 0.4) is 0 Å². The summed E-state index contributed by atoms with van der Waals surface area (Å²) < 4.78 is 0. The highest BCUT2D eigenvalue weighted by molar-refractivity contribution is 5.94. The van der Waals surface area contributed by atoms with E-state index in [-0.39, 0.29) is 5.03 Å². The molecule has 9 heavy (non-hydrogen) atoms. The van der Waals surface area contributed by atoms with Gasteiger partial charge < -0.3 is 0 Å². The minimum absolute atomic E-state index is 0.270. The molecule has 1 saturated heterocycles. The summed E-state index contributed by atoms with van der Waals surface area (Å²) in [6.07, 6.45) is -0.390. The molecule has 1 aliphatic heterocycles. The Bertz CT molecular complexity index is 141. The van der Waals surface area contributed by atoms with Crippen molar-refractivity contribution in [3.8, 4) is 0 Å². The molecular formula is C3H3N2O4+. The fraction of sp³-hybridized carbons (Fsp3) is 0.333. The Balaban J connectivity index is 2.64. The van der Waals surface area contributed by atoms with Gasteiger partial charge in [0.2, 0.25) is 0 Å². The van der Waals surface area contributed by atoms with Crippen LogP contribution in [0, 0.1) is 4.91 Å². The molecule has 1 N–H and O–H groups in total. The van der Waals surface area contributed by atoms with Crippen LogP contribution in [-0.4, -0.2) is 16.9 Å². The number of carbonyl (C=O) groups is 2. The Morgan fingerprint density at radius 1 is 1.56 bits per heavy atom. The summed E-state index contributed by atoms with van der Waals surface area (Å²) in [5, 5.41) is -0.270. The second kappa shape index (κ2) is 1.81. The third-order valence-electron chi connectivity index (χ3n) is 0.706. The van der Waals surface area contributed by atoms with E-state index >= 15 is 0 Å². The van der Waals surface area contributed by atoms with Crippen molar-refractivity contribution in [3.63, 3.8) is 0 Å². The van der Waals surface area contributed by atoms with Gasteiger partial charge >= 0.3 is 11.0 Å². The maximum Gasteiger partial charge on any atom is 0.398 e. The van der Waals surface area contributed by atoms with Crippen LogP contribution in [0.5, 0.6) is 0 Å². The number of carbonyl (C=O) groups excluding carboxylic acids is 2. The summed E-state index contributed by atoms with van der Waals surface area (Å²) in [5.74, 6) is -1.49. The lowest BCUT2D eigenvalue weighted by molar-refractivity contribution is -0.813. The van der Waals surface area contributed by atoms with Gasteiger partial charge in [0.1, 0.15) is 11.3 Å². The molecule has 0 aromatic heterocycles. The van der Waals surface area contributed by atoms with Gasteiger partial charge in [-0.05, 0) is 5.43 Å². The van der Waals surface area contributed by atoms with Crippen molar-refractivity contribution in [2.75, 3.05) is 0 Å². The zero-order valence-corrected chi connectivity index (χ0v) is 4.29. The Morgan fingerprint density at radius 3 is 2.67 bits per heavy atom. The molecule has 1 aliphatic rings. The zero-order chi connectivity index (χ0) is 6.85. The van der Waals surface area contributed by atoms with Crippen molar-refractivity contribution in [2.24, 2.45) is 0 Å². The highest BCUT2D eigenvalue weighted by Gasteiger charge is 2.31. The molecule has 6 heteroatoms. The maximum atomic E-state index is 10.2. The van der Waals surface area contributed by atoms with Crippen LogP contribution in [0.4, 0.5) is 0 Å². The summed E-state index contributed by atoms with van der Waals surface area (Å²) in [7, 11) is 0. The number of hydrogen-bond acceptors (Lipinski definition) is 4. The standard InChI is InChI=1S/C3H2N2O4/c6-2-1-3(7)9-5(8)4-2/h1H2/p+1. The number of amides is 1. The molecule has 0 unspecified atom stereocenters. The Hall–Kier alpha value is -1.46. The monoisotopic (exact) mass is 131 g/mol. The van der Waals surface area contributed by atoms with Gasteiger partial charge in [0.25, 0.3) is 5.91 Å². The molecule has 0 aromatic carbocycles. The molecule has 1 fully saturated rings. The van der Waals surface area contributed by atoms with E-state index in [1.807, 2.05) is 0 Å². The fourth-order valence-electron chi connectivity index (χ4n) is 0.420. The summed E-state index contributed by atoms with van der Waals surface area (Å²) in [6.45, 7) is 0. The fourth-order valence-corrected chi connectivity index (χ4v) is 0.420. The molecule has 0 saturated carbocycles. The van der Waals surface area contributed by atoms with E-state index < -0.39 is 18.3 Å². The van der Waals surface area contributed by atoms with Crippen LogP contribution < -0.4 is 5.43 Å². The third kappa shape index (κ3) is 1.21. The van der Waals surface area contributed by atoms with Crippen molar-refractivity contribution in [2.45, 2.75) is 6.42 Å². The number of nitrogens with zero attached hydrogens (tertiary/aromatic N) is 1. The Labute approximate surface area is 49.3 Å². The lowest BCUT2D eigenvalue weighted by atomic mass is 10.4. The highest BCUT2D eigenvalue weighted by Crippen LogP contribution is 1.91.